The van der Waals surface area contributed by atoms with Crippen LogP contribution in [0.1, 0.15) is 79.6 Å². The molecule has 0 bridgehead atoms. The number of aliphatic hydroxyl groups is 2. The molecule has 4 aliphatic rings. The molecule has 0 amide bonds. The Bertz CT molecular complexity index is 608. The minimum Gasteiger partial charge on any atom is -0.396 e. The molecule has 5 heteroatoms. The van der Waals surface area contributed by atoms with Gasteiger partial charge in [-0.15, -0.1) is 0 Å². The Morgan fingerprint density at radius 3 is 2.39 bits per heavy atom. The Labute approximate surface area is 170 Å². The van der Waals surface area contributed by atoms with E-state index in [9.17, 15) is 10.2 Å². The van der Waals surface area contributed by atoms with Crippen LogP contribution in [0.5, 0.6) is 0 Å². The molecule has 2 heterocycles. The van der Waals surface area contributed by atoms with Gasteiger partial charge < -0.3 is 24.4 Å². The number of rotatable bonds is 3. The van der Waals surface area contributed by atoms with Crippen molar-refractivity contribution in [3.8, 4) is 0 Å². The maximum absolute atomic E-state index is 10.1. The third-order valence-corrected chi connectivity index (χ3v) is 9.24. The van der Waals surface area contributed by atoms with Gasteiger partial charge in [0, 0.05) is 23.9 Å². The lowest BCUT2D eigenvalue weighted by molar-refractivity contribution is -0.359. The van der Waals surface area contributed by atoms with E-state index in [1.807, 2.05) is 13.8 Å². The second-order valence-electron chi connectivity index (χ2n) is 11.1. The Hall–Kier alpha value is -0.200. The second kappa shape index (κ2) is 6.65. The van der Waals surface area contributed by atoms with Crippen molar-refractivity contribution >= 4 is 0 Å². The maximum atomic E-state index is 10.1. The van der Waals surface area contributed by atoms with E-state index < -0.39 is 11.4 Å². The van der Waals surface area contributed by atoms with E-state index in [0.717, 1.165) is 38.7 Å². The molecule has 28 heavy (non-hydrogen) atoms. The molecule has 2 N–H and O–H groups in total. The van der Waals surface area contributed by atoms with Crippen molar-refractivity contribution < 1.29 is 24.4 Å². The van der Waals surface area contributed by atoms with Crippen LogP contribution in [-0.2, 0) is 14.2 Å². The first kappa shape index (κ1) is 21.0. The summed E-state index contributed by atoms with van der Waals surface area (Å²) in [6.45, 7) is 12.0. The second-order valence-corrected chi connectivity index (χ2v) is 11.1. The quantitative estimate of drug-likeness (QED) is 0.762. The fourth-order valence-corrected chi connectivity index (χ4v) is 7.57. The largest absolute Gasteiger partial charge is 0.396 e. The van der Waals surface area contributed by atoms with Gasteiger partial charge in [0.25, 0.3) is 0 Å². The van der Waals surface area contributed by atoms with Gasteiger partial charge in [-0.2, -0.15) is 0 Å². The lowest BCUT2D eigenvalue weighted by Crippen LogP contribution is -2.69. The van der Waals surface area contributed by atoms with Gasteiger partial charge in [-0.1, -0.05) is 20.8 Å². The molecular weight excluding hydrogens is 356 g/mol. The Balaban J connectivity index is 1.70. The van der Waals surface area contributed by atoms with Crippen molar-refractivity contribution in [3.63, 3.8) is 0 Å². The van der Waals surface area contributed by atoms with Crippen LogP contribution in [0.3, 0.4) is 0 Å². The lowest BCUT2D eigenvalue weighted by atomic mass is 9.43. The first-order valence-corrected chi connectivity index (χ1v) is 11.3. The molecule has 162 valence electrons. The van der Waals surface area contributed by atoms with Gasteiger partial charge in [-0.05, 0) is 64.2 Å². The molecule has 4 fully saturated rings. The number of ether oxygens (including phenoxy) is 3. The third kappa shape index (κ3) is 2.76. The van der Waals surface area contributed by atoms with Crippen LogP contribution in [0, 0.1) is 22.7 Å². The van der Waals surface area contributed by atoms with Crippen molar-refractivity contribution in [1.82, 2.24) is 0 Å². The average molecular weight is 397 g/mol. The molecular formula is C23H40O5. The average Bonchev–Trinajstić information content (AvgIpc) is 3.03. The zero-order valence-corrected chi connectivity index (χ0v) is 18.4. The molecule has 7 atom stereocenters. The van der Waals surface area contributed by atoms with Gasteiger partial charge in [-0.25, -0.2) is 0 Å². The van der Waals surface area contributed by atoms with Gasteiger partial charge in [0.2, 0.25) is 0 Å². The van der Waals surface area contributed by atoms with E-state index in [1.54, 1.807) is 0 Å². The molecule has 2 aliphatic carbocycles. The highest BCUT2D eigenvalue weighted by atomic mass is 16.7. The number of hydrogen-bond donors (Lipinski definition) is 2. The summed E-state index contributed by atoms with van der Waals surface area (Å²) >= 11 is 0. The van der Waals surface area contributed by atoms with Gasteiger partial charge >= 0.3 is 0 Å². The van der Waals surface area contributed by atoms with Gasteiger partial charge in [0.15, 0.2) is 5.79 Å². The zero-order valence-electron chi connectivity index (χ0n) is 18.4. The van der Waals surface area contributed by atoms with Crippen molar-refractivity contribution in [3.05, 3.63) is 0 Å². The van der Waals surface area contributed by atoms with E-state index in [-0.39, 0.29) is 35.7 Å². The van der Waals surface area contributed by atoms with Crippen LogP contribution in [-0.4, -0.2) is 53.1 Å². The minimum absolute atomic E-state index is 0.0108. The van der Waals surface area contributed by atoms with Crippen molar-refractivity contribution in [2.75, 3.05) is 19.8 Å². The molecule has 0 aromatic heterocycles. The molecule has 5 nitrogen and oxygen atoms in total. The van der Waals surface area contributed by atoms with Crippen LogP contribution in [0.25, 0.3) is 0 Å². The summed E-state index contributed by atoms with van der Waals surface area (Å²) in [5, 5.41) is 19.7. The van der Waals surface area contributed by atoms with E-state index in [1.165, 1.54) is 6.42 Å². The first-order valence-electron chi connectivity index (χ1n) is 11.3. The monoisotopic (exact) mass is 396 g/mol. The topological polar surface area (TPSA) is 68.2 Å². The smallest absolute Gasteiger partial charge is 0.163 e. The molecule has 0 aromatic rings. The summed E-state index contributed by atoms with van der Waals surface area (Å²) in [5.41, 5.74) is -0.820. The Morgan fingerprint density at radius 2 is 1.71 bits per heavy atom. The van der Waals surface area contributed by atoms with Crippen LogP contribution in [0.15, 0.2) is 0 Å². The minimum atomic E-state index is -0.590. The molecule has 2 saturated heterocycles. The number of fused-ring (bicyclic) bond motifs is 4. The Morgan fingerprint density at radius 1 is 0.964 bits per heavy atom. The molecule has 1 spiro atoms. The van der Waals surface area contributed by atoms with Crippen LogP contribution < -0.4 is 0 Å². The third-order valence-electron chi connectivity index (χ3n) is 9.24. The lowest BCUT2D eigenvalue weighted by Gasteiger charge is -2.67. The highest BCUT2D eigenvalue weighted by Gasteiger charge is 2.70. The predicted octanol–water partition coefficient (Wildman–Crippen LogP) is 3.65. The summed E-state index contributed by atoms with van der Waals surface area (Å²) in [4.78, 5) is 0. The van der Waals surface area contributed by atoms with E-state index in [2.05, 4.69) is 20.8 Å². The van der Waals surface area contributed by atoms with Crippen LogP contribution in [0.4, 0.5) is 0 Å². The van der Waals surface area contributed by atoms with Crippen LogP contribution >= 0.6 is 0 Å². The van der Waals surface area contributed by atoms with E-state index in [4.69, 9.17) is 14.2 Å². The first-order chi connectivity index (χ1) is 13.1. The summed E-state index contributed by atoms with van der Waals surface area (Å²) in [5.74, 6) is 0.409. The summed E-state index contributed by atoms with van der Waals surface area (Å²) < 4.78 is 19.5. The maximum Gasteiger partial charge on any atom is 0.163 e. The molecule has 4 rings (SSSR count). The highest BCUT2D eigenvalue weighted by molar-refractivity contribution is 5.18. The summed E-state index contributed by atoms with van der Waals surface area (Å²) in [6, 6.07) is 0. The standard InChI is InChI=1S/C23H40O5/c1-16-6-7-17-20(4)15-26-19(2,3)27-18(20)8-9-21(17,5)23(16)11-10-22(14-25,28-23)12-13-24/h16-18,24-25H,6-15H2,1-5H3/t16-,17-,18+,20+,21+,22-,23-/m1/s1. The SMILES string of the molecule is C[C@@H]1CC[C@@H]2[C@]3(C)COC(C)(C)O[C@H]3CC[C@]2(C)[C@@]12CC[C@](CO)(CCO)O2. The fraction of sp³-hybridized carbons (Fsp3) is 1.00. The molecule has 0 unspecified atom stereocenters. The van der Waals surface area contributed by atoms with Gasteiger partial charge in [0.1, 0.15) is 0 Å². The Kier molecular flexibility index (Phi) is 5.00. The molecule has 0 aromatic carbocycles. The van der Waals surface area contributed by atoms with Crippen LogP contribution in [0.2, 0.25) is 0 Å². The zero-order chi connectivity index (χ0) is 20.4. The van der Waals surface area contributed by atoms with Gasteiger partial charge in [-0.3, -0.25) is 0 Å². The van der Waals surface area contributed by atoms with E-state index in [0.29, 0.717) is 18.3 Å². The summed E-state index contributed by atoms with van der Waals surface area (Å²) in [6.07, 6.45) is 6.95. The molecule has 2 saturated carbocycles. The van der Waals surface area contributed by atoms with Crippen molar-refractivity contribution in [2.24, 2.45) is 22.7 Å². The molecule has 2 aliphatic heterocycles. The fourth-order valence-electron chi connectivity index (χ4n) is 7.57. The van der Waals surface area contributed by atoms with E-state index >= 15 is 0 Å². The number of hydrogen-bond acceptors (Lipinski definition) is 5. The normalized spacial score (nSPS) is 53.0. The van der Waals surface area contributed by atoms with Crippen molar-refractivity contribution in [1.29, 1.82) is 0 Å². The highest BCUT2D eigenvalue weighted by Crippen LogP contribution is 2.69. The van der Waals surface area contributed by atoms with Gasteiger partial charge in [0.05, 0.1) is 30.5 Å². The number of aliphatic hydroxyl groups excluding tert-OH is 2. The predicted molar refractivity (Wildman–Crippen MR) is 107 cm³/mol. The molecule has 0 radical (unpaired) electrons. The van der Waals surface area contributed by atoms with Crippen molar-refractivity contribution in [2.45, 2.75) is 103 Å². The summed E-state index contributed by atoms with van der Waals surface area (Å²) in [7, 11) is 0.